The van der Waals surface area contributed by atoms with E-state index < -0.39 is 6.10 Å². The van der Waals surface area contributed by atoms with Crippen molar-refractivity contribution in [2.75, 3.05) is 33.0 Å². The SMILES string of the molecule is C=C(CC1SCCN1C(=C)c1cccc(C(=O)N(C)C)c1)O[C@@H](Cc1c(Cl)cncc1Cl)c1ccc(O)c(OCC2CC2)c1. The fraction of sp³-hybridized carbons (Fsp3) is 0.353. The van der Waals surface area contributed by atoms with E-state index in [2.05, 4.69) is 23.0 Å². The van der Waals surface area contributed by atoms with Crippen LogP contribution in [0.5, 0.6) is 11.5 Å². The Labute approximate surface area is 273 Å². The third-order valence-electron chi connectivity index (χ3n) is 7.77. The maximum absolute atomic E-state index is 12.6. The molecule has 1 saturated heterocycles. The molecule has 2 heterocycles. The lowest BCUT2D eigenvalue weighted by molar-refractivity contribution is 0.0827. The summed E-state index contributed by atoms with van der Waals surface area (Å²) in [6.07, 6.45) is 5.84. The Hall–Kier alpha value is -3.33. The normalized spacial score (nSPS) is 16.8. The van der Waals surface area contributed by atoms with Crippen LogP contribution in [-0.2, 0) is 11.2 Å². The summed E-state index contributed by atoms with van der Waals surface area (Å²) in [5.74, 6) is 2.52. The predicted octanol–water partition coefficient (Wildman–Crippen LogP) is 7.83. The molecule has 3 aromatic rings. The summed E-state index contributed by atoms with van der Waals surface area (Å²) in [5.41, 5.74) is 3.90. The van der Waals surface area contributed by atoms with Crippen molar-refractivity contribution in [1.29, 1.82) is 0 Å². The van der Waals surface area contributed by atoms with E-state index in [1.54, 1.807) is 37.5 Å². The molecule has 1 N–H and O–H groups in total. The van der Waals surface area contributed by atoms with E-state index in [0.717, 1.165) is 42.0 Å². The summed E-state index contributed by atoms with van der Waals surface area (Å²) < 4.78 is 12.5. The molecule has 2 fully saturated rings. The Morgan fingerprint density at radius 1 is 1.14 bits per heavy atom. The Bertz CT molecular complexity index is 1520. The highest BCUT2D eigenvalue weighted by atomic mass is 35.5. The van der Waals surface area contributed by atoms with Crippen LogP contribution in [0.1, 0.15) is 52.4 Å². The third-order valence-corrected chi connectivity index (χ3v) is 9.64. The zero-order chi connectivity index (χ0) is 31.4. The van der Waals surface area contributed by atoms with Gasteiger partial charge in [-0.15, -0.1) is 11.8 Å². The zero-order valence-corrected chi connectivity index (χ0v) is 27.3. The summed E-state index contributed by atoms with van der Waals surface area (Å²) in [7, 11) is 3.49. The molecule has 1 aliphatic heterocycles. The molecule has 232 valence electrons. The first-order chi connectivity index (χ1) is 21.1. The van der Waals surface area contributed by atoms with Crippen LogP contribution in [0.4, 0.5) is 0 Å². The molecule has 7 nitrogen and oxygen atoms in total. The molecule has 1 aliphatic carbocycles. The van der Waals surface area contributed by atoms with Crippen molar-refractivity contribution in [1.82, 2.24) is 14.8 Å². The Kier molecular flexibility index (Phi) is 10.3. The molecule has 2 atom stereocenters. The van der Waals surface area contributed by atoms with Gasteiger partial charge in [0.2, 0.25) is 0 Å². The molecule has 0 bridgehead atoms. The average molecular weight is 655 g/mol. The minimum Gasteiger partial charge on any atom is -0.504 e. The van der Waals surface area contributed by atoms with Gasteiger partial charge >= 0.3 is 0 Å². The lowest BCUT2D eigenvalue weighted by Gasteiger charge is -2.30. The first-order valence-electron chi connectivity index (χ1n) is 14.6. The molecule has 1 aromatic heterocycles. The van der Waals surface area contributed by atoms with E-state index in [9.17, 15) is 9.90 Å². The summed E-state index contributed by atoms with van der Waals surface area (Å²) in [4.78, 5) is 20.5. The maximum atomic E-state index is 12.6. The second-order valence-electron chi connectivity index (χ2n) is 11.4. The fourth-order valence-electron chi connectivity index (χ4n) is 5.08. The molecule has 10 heteroatoms. The van der Waals surface area contributed by atoms with Crippen LogP contribution >= 0.6 is 35.0 Å². The van der Waals surface area contributed by atoms with Crippen molar-refractivity contribution in [3.8, 4) is 11.5 Å². The summed E-state index contributed by atoms with van der Waals surface area (Å²) in [5, 5.41) is 11.4. The van der Waals surface area contributed by atoms with Crippen molar-refractivity contribution >= 4 is 46.6 Å². The van der Waals surface area contributed by atoms with E-state index in [1.165, 1.54) is 0 Å². The molecule has 1 unspecified atom stereocenters. The number of carbonyl (C=O) groups is 1. The minimum atomic E-state index is -0.499. The van der Waals surface area contributed by atoms with Gasteiger partial charge in [-0.3, -0.25) is 9.78 Å². The highest BCUT2D eigenvalue weighted by Gasteiger charge is 2.30. The minimum absolute atomic E-state index is 0.0502. The number of rotatable bonds is 13. The molecule has 2 aliphatic rings. The molecular formula is C34H37Cl2N3O4S. The van der Waals surface area contributed by atoms with Gasteiger partial charge in [0.15, 0.2) is 11.5 Å². The van der Waals surface area contributed by atoms with Gasteiger partial charge in [-0.2, -0.15) is 0 Å². The topological polar surface area (TPSA) is 75.1 Å². The van der Waals surface area contributed by atoms with Crippen molar-refractivity contribution in [3.05, 3.63) is 106 Å². The molecular weight excluding hydrogens is 617 g/mol. The van der Waals surface area contributed by atoms with Crippen molar-refractivity contribution in [2.24, 2.45) is 5.92 Å². The molecule has 0 radical (unpaired) electrons. The highest BCUT2D eigenvalue weighted by molar-refractivity contribution is 8.00. The quantitative estimate of drug-likeness (QED) is 0.188. The van der Waals surface area contributed by atoms with E-state index in [-0.39, 0.29) is 17.0 Å². The summed E-state index contributed by atoms with van der Waals surface area (Å²) in [6.45, 7) is 10.1. The first kappa shape index (κ1) is 32.1. The van der Waals surface area contributed by atoms with Crippen LogP contribution in [0, 0.1) is 5.92 Å². The summed E-state index contributed by atoms with van der Waals surface area (Å²) >= 11 is 14.8. The number of ether oxygens (including phenoxy) is 2. The number of phenolic OH excluding ortho intramolecular Hbond substituents is 1. The number of thioether (sulfide) groups is 1. The number of pyridine rings is 1. The molecule has 0 spiro atoms. The number of hydrogen-bond donors (Lipinski definition) is 1. The number of aromatic hydroxyl groups is 1. The number of carbonyl (C=O) groups excluding carboxylic acids is 1. The van der Waals surface area contributed by atoms with E-state index in [0.29, 0.717) is 58.0 Å². The molecule has 44 heavy (non-hydrogen) atoms. The van der Waals surface area contributed by atoms with Gasteiger partial charge < -0.3 is 24.4 Å². The molecule has 1 amide bonds. The average Bonchev–Trinajstić information content (AvgIpc) is 3.73. The van der Waals surface area contributed by atoms with Gasteiger partial charge in [0.1, 0.15) is 6.10 Å². The second-order valence-corrected chi connectivity index (χ2v) is 13.5. The fourth-order valence-corrected chi connectivity index (χ4v) is 6.89. The van der Waals surface area contributed by atoms with Crippen molar-refractivity contribution < 1.29 is 19.4 Å². The van der Waals surface area contributed by atoms with Gasteiger partial charge in [-0.1, -0.05) is 54.6 Å². The Morgan fingerprint density at radius 2 is 1.86 bits per heavy atom. The van der Waals surface area contributed by atoms with Crippen LogP contribution in [-0.4, -0.2) is 64.2 Å². The lowest BCUT2D eigenvalue weighted by Crippen LogP contribution is -2.27. The molecule has 1 saturated carbocycles. The standard InChI is InChI=1S/C34H37Cl2N3O4S/c1-21(14-33-39(12-13-44-33)22(2)24-6-5-7-26(15-24)34(41)38(3)4)43-31(17-27-28(35)18-37-19-29(27)36)25-10-11-30(40)32(16-25)42-20-23-8-9-23/h5-7,10-11,15-16,18-19,23,31,33,40H,1-2,8-9,12-14,17,20H2,3-4H3/t31-,33?/m0/s1. The van der Waals surface area contributed by atoms with Gasteiger partial charge in [-0.05, 0) is 59.7 Å². The number of benzene rings is 2. The van der Waals surface area contributed by atoms with Crippen LogP contribution in [0.15, 0.2) is 73.8 Å². The predicted molar refractivity (Wildman–Crippen MR) is 178 cm³/mol. The van der Waals surface area contributed by atoms with E-state index >= 15 is 0 Å². The first-order valence-corrected chi connectivity index (χ1v) is 16.4. The maximum Gasteiger partial charge on any atom is 0.253 e. The van der Waals surface area contributed by atoms with Crippen LogP contribution in [0.3, 0.4) is 0 Å². The number of phenols is 1. The van der Waals surface area contributed by atoms with Gasteiger partial charge in [0, 0.05) is 62.9 Å². The van der Waals surface area contributed by atoms with Crippen molar-refractivity contribution in [3.63, 3.8) is 0 Å². The lowest BCUT2D eigenvalue weighted by atomic mass is 10.0. The number of amides is 1. The van der Waals surface area contributed by atoms with Gasteiger partial charge in [-0.25, -0.2) is 0 Å². The van der Waals surface area contributed by atoms with Crippen molar-refractivity contribution in [2.45, 2.75) is 37.2 Å². The van der Waals surface area contributed by atoms with Crippen LogP contribution in [0.25, 0.3) is 5.70 Å². The molecule has 5 rings (SSSR count). The smallest absolute Gasteiger partial charge is 0.253 e. The zero-order valence-electron chi connectivity index (χ0n) is 25.0. The van der Waals surface area contributed by atoms with Gasteiger partial charge in [0.05, 0.1) is 27.8 Å². The number of hydrogen-bond acceptors (Lipinski definition) is 7. The Balaban J connectivity index is 1.33. The highest BCUT2D eigenvalue weighted by Crippen LogP contribution is 2.39. The second kappa shape index (κ2) is 14.2. The Morgan fingerprint density at radius 3 is 2.57 bits per heavy atom. The molecule has 2 aromatic carbocycles. The monoisotopic (exact) mass is 653 g/mol. The summed E-state index contributed by atoms with van der Waals surface area (Å²) in [6, 6.07) is 12.8. The third kappa shape index (κ3) is 7.84. The van der Waals surface area contributed by atoms with Gasteiger partial charge in [0.25, 0.3) is 5.91 Å². The number of nitrogens with zero attached hydrogens (tertiary/aromatic N) is 3. The number of aromatic nitrogens is 1. The largest absolute Gasteiger partial charge is 0.504 e. The van der Waals surface area contributed by atoms with Crippen LogP contribution < -0.4 is 4.74 Å². The number of halogens is 2. The van der Waals surface area contributed by atoms with E-state index in [4.69, 9.17) is 32.7 Å². The van der Waals surface area contributed by atoms with E-state index in [1.807, 2.05) is 48.2 Å². The van der Waals surface area contributed by atoms with Crippen LogP contribution in [0.2, 0.25) is 10.0 Å².